The van der Waals surface area contributed by atoms with Gasteiger partial charge < -0.3 is 4.74 Å². The smallest absolute Gasteiger partial charge is 0.387 e. The third kappa shape index (κ3) is 2.86. The number of terminal acetylenes is 1. The largest absolute Gasteiger partial charge is 0.434 e. The first-order valence-electron chi connectivity index (χ1n) is 4.59. The summed E-state index contributed by atoms with van der Waals surface area (Å²) in [6.45, 7) is 0.585. The minimum atomic E-state index is -2.88. The zero-order valence-electron chi connectivity index (χ0n) is 8.93. The van der Waals surface area contributed by atoms with E-state index in [1.165, 1.54) is 12.1 Å². The van der Waals surface area contributed by atoms with Crippen LogP contribution in [0.15, 0.2) is 18.2 Å². The van der Waals surface area contributed by atoms with Gasteiger partial charge in [-0.25, -0.2) is 0 Å². The summed E-state index contributed by atoms with van der Waals surface area (Å²) < 4.78 is 28.8. The van der Waals surface area contributed by atoms with Gasteiger partial charge in [-0.2, -0.15) is 8.78 Å². The molecular weight excluding hydrogens is 234 g/mol. The lowest BCUT2D eigenvalue weighted by atomic mass is 9.85. The average Bonchev–Trinajstić information content (AvgIpc) is 2.20. The fourth-order valence-corrected chi connectivity index (χ4v) is 1.44. The second-order valence-corrected chi connectivity index (χ2v) is 4.22. The number of hydrogen-bond donors (Lipinski definition) is 0. The molecule has 0 amide bonds. The van der Waals surface area contributed by atoms with Crippen LogP contribution in [0.5, 0.6) is 5.75 Å². The molecule has 1 nitrogen and oxygen atoms in total. The van der Waals surface area contributed by atoms with Crippen molar-refractivity contribution >= 4 is 11.6 Å². The van der Waals surface area contributed by atoms with Gasteiger partial charge in [-0.15, -0.1) is 6.42 Å². The Bertz CT molecular complexity index is 422. The van der Waals surface area contributed by atoms with Gasteiger partial charge in [0.05, 0.1) is 5.41 Å². The van der Waals surface area contributed by atoms with Crippen molar-refractivity contribution in [1.29, 1.82) is 0 Å². The van der Waals surface area contributed by atoms with Gasteiger partial charge in [-0.3, -0.25) is 0 Å². The molecule has 0 aliphatic heterocycles. The Kier molecular flexibility index (Phi) is 3.77. The molecule has 0 heterocycles. The lowest BCUT2D eigenvalue weighted by Gasteiger charge is -2.21. The first kappa shape index (κ1) is 12.8. The molecule has 1 aromatic rings. The zero-order valence-corrected chi connectivity index (χ0v) is 9.68. The molecule has 16 heavy (non-hydrogen) atoms. The van der Waals surface area contributed by atoms with E-state index in [1.54, 1.807) is 19.9 Å². The van der Waals surface area contributed by atoms with E-state index in [0.29, 0.717) is 10.6 Å². The Labute approximate surface area is 98.4 Å². The normalized spacial score (nSPS) is 11.3. The predicted molar refractivity (Wildman–Crippen MR) is 59.9 cm³/mol. The van der Waals surface area contributed by atoms with E-state index in [1.807, 2.05) is 0 Å². The molecule has 4 heteroatoms. The van der Waals surface area contributed by atoms with E-state index in [4.69, 9.17) is 18.0 Å². The molecule has 0 saturated carbocycles. The maximum atomic E-state index is 12.2. The van der Waals surface area contributed by atoms with Crippen LogP contribution in [0.4, 0.5) is 8.78 Å². The molecule has 0 atom stereocenters. The van der Waals surface area contributed by atoms with Crippen LogP contribution in [0.1, 0.15) is 19.4 Å². The van der Waals surface area contributed by atoms with Crippen molar-refractivity contribution in [3.63, 3.8) is 0 Å². The maximum Gasteiger partial charge on any atom is 0.387 e. The Balaban J connectivity index is 3.24. The molecule has 0 aliphatic carbocycles. The summed E-state index contributed by atoms with van der Waals surface area (Å²) in [6, 6.07) is 4.41. The number of ether oxygens (including phenoxy) is 1. The summed E-state index contributed by atoms with van der Waals surface area (Å²) in [5, 5.41) is 0.431. The topological polar surface area (TPSA) is 9.23 Å². The summed E-state index contributed by atoms with van der Waals surface area (Å²) in [5.41, 5.74) is -0.238. The summed E-state index contributed by atoms with van der Waals surface area (Å²) >= 11 is 5.80. The SMILES string of the molecule is C#CC(C)(C)c1cc(Cl)ccc1OC(F)F. The van der Waals surface area contributed by atoms with E-state index in [0.717, 1.165) is 0 Å². The van der Waals surface area contributed by atoms with E-state index < -0.39 is 12.0 Å². The lowest BCUT2D eigenvalue weighted by Crippen LogP contribution is -2.17. The van der Waals surface area contributed by atoms with Crippen LogP contribution < -0.4 is 4.74 Å². The zero-order chi connectivity index (χ0) is 12.3. The van der Waals surface area contributed by atoms with Crippen molar-refractivity contribution < 1.29 is 13.5 Å². The highest BCUT2D eigenvalue weighted by Crippen LogP contribution is 2.34. The number of rotatable bonds is 3. The predicted octanol–water partition coefficient (Wildman–Crippen LogP) is 3.85. The highest BCUT2D eigenvalue weighted by atomic mass is 35.5. The van der Waals surface area contributed by atoms with E-state index in [-0.39, 0.29) is 5.75 Å². The van der Waals surface area contributed by atoms with Crippen LogP contribution in [-0.4, -0.2) is 6.61 Å². The minimum absolute atomic E-state index is 0.0577. The number of halogens is 3. The highest BCUT2D eigenvalue weighted by Gasteiger charge is 2.23. The Hall–Kier alpha value is -1.27. The average molecular weight is 245 g/mol. The molecule has 0 saturated heterocycles. The molecule has 1 aromatic carbocycles. The van der Waals surface area contributed by atoms with Crippen molar-refractivity contribution in [2.75, 3.05) is 0 Å². The standard InChI is InChI=1S/C12H11ClF2O/c1-4-12(2,3)9-7-8(13)5-6-10(9)16-11(14)15/h1,5-7,11H,2-3H3. The minimum Gasteiger partial charge on any atom is -0.434 e. The van der Waals surface area contributed by atoms with Crippen molar-refractivity contribution in [3.8, 4) is 18.1 Å². The molecule has 0 aliphatic rings. The first-order chi connectivity index (χ1) is 7.36. The number of benzene rings is 1. The second kappa shape index (κ2) is 4.71. The van der Waals surface area contributed by atoms with E-state index >= 15 is 0 Å². The van der Waals surface area contributed by atoms with E-state index in [9.17, 15) is 8.78 Å². The van der Waals surface area contributed by atoms with Crippen LogP contribution in [0.2, 0.25) is 5.02 Å². The monoisotopic (exact) mass is 244 g/mol. The molecule has 0 N–H and O–H groups in total. The molecule has 0 bridgehead atoms. The summed E-state index contributed by atoms with van der Waals surface area (Å²) in [4.78, 5) is 0. The third-order valence-corrected chi connectivity index (χ3v) is 2.43. The Morgan fingerprint density at radius 1 is 1.44 bits per heavy atom. The van der Waals surface area contributed by atoms with Gasteiger partial charge in [0.25, 0.3) is 0 Å². The molecule has 86 valence electrons. The van der Waals surface area contributed by atoms with Crippen molar-refractivity contribution in [2.24, 2.45) is 0 Å². The third-order valence-electron chi connectivity index (χ3n) is 2.19. The molecule has 1 rings (SSSR count). The van der Waals surface area contributed by atoms with Gasteiger partial charge in [-0.05, 0) is 32.0 Å². The quantitative estimate of drug-likeness (QED) is 0.734. The van der Waals surface area contributed by atoms with Gasteiger partial charge in [-0.1, -0.05) is 17.5 Å². The number of alkyl halides is 2. The van der Waals surface area contributed by atoms with Gasteiger partial charge in [0.15, 0.2) is 0 Å². The molecular formula is C12H11ClF2O. The van der Waals surface area contributed by atoms with Gasteiger partial charge in [0, 0.05) is 10.6 Å². The van der Waals surface area contributed by atoms with E-state index in [2.05, 4.69) is 10.7 Å². The van der Waals surface area contributed by atoms with Crippen LogP contribution in [0, 0.1) is 12.3 Å². The van der Waals surface area contributed by atoms with Gasteiger partial charge in [0.1, 0.15) is 5.75 Å². The fraction of sp³-hybridized carbons (Fsp3) is 0.333. The molecule has 0 unspecified atom stereocenters. The summed E-state index contributed by atoms with van der Waals surface area (Å²) in [5.74, 6) is 2.57. The Morgan fingerprint density at radius 3 is 2.56 bits per heavy atom. The molecule has 0 aromatic heterocycles. The lowest BCUT2D eigenvalue weighted by molar-refractivity contribution is -0.0507. The summed E-state index contributed by atoms with van der Waals surface area (Å²) in [6.07, 6.45) is 5.35. The Morgan fingerprint density at radius 2 is 2.06 bits per heavy atom. The first-order valence-corrected chi connectivity index (χ1v) is 4.97. The van der Waals surface area contributed by atoms with Gasteiger partial charge >= 0.3 is 6.61 Å². The second-order valence-electron chi connectivity index (χ2n) is 3.79. The van der Waals surface area contributed by atoms with Crippen LogP contribution in [0.3, 0.4) is 0 Å². The summed E-state index contributed by atoms with van der Waals surface area (Å²) in [7, 11) is 0. The molecule has 0 spiro atoms. The van der Waals surface area contributed by atoms with Crippen LogP contribution in [0.25, 0.3) is 0 Å². The molecule has 0 fully saturated rings. The fourth-order valence-electron chi connectivity index (χ4n) is 1.27. The maximum absolute atomic E-state index is 12.2. The van der Waals surface area contributed by atoms with Crippen LogP contribution >= 0.6 is 11.6 Å². The number of hydrogen-bond acceptors (Lipinski definition) is 1. The van der Waals surface area contributed by atoms with Gasteiger partial charge in [0.2, 0.25) is 0 Å². The highest BCUT2D eigenvalue weighted by molar-refractivity contribution is 6.30. The molecule has 0 radical (unpaired) electrons. The van der Waals surface area contributed by atoms with Crippen molar-refractivity contribution in [3.05, 3.63) is 28.8 Å². The van der Waals surface area contributed by atoms with Crippen molar-refractivity contribution in [1.82, 2.24) is 0 Å². The van der Waals surface area contributed by atoms with Crippen molar-refractivity contribution in [2.45, 2.75) is 25.9 Å². The van der Waals surface area contributed by atoms with Crippen LogP contribution in [-0.2, 0) is 5.41 Å².